The van der Waals surface area contributed by atoms with Crippen LogP contribution in [0.5, 0.6) is 0 Å². The highest BCUT2D eigenvalue weighted by Gasteiger charge is 2.02. The molecule has 0 aliphatic carbocycles. The van der Waals surface area contributed by atoms with Gasteiger partial charge >= 0.3 is 5.97 Å². The average molecular weight is 266 g/mol. The van der Waals surface area contributed by atoms with Crippen LogP contribution in [0.3, 0.4) is 0 Å². The third-order valence-corrected chi connectivity index (χ3v) is 2.27. The minimum absolute atomic E-state index is 0.0163. The van der Waals surface area contributed by atoms with Crippen LogP contribution in [0.2, 0.25) is 0 Å². The maximum Gasteiger partial charge on any atom is 0.337 e. The number of aliphatic hydroxyl groups is 1. The summed E-state index contributed by atoms with van der Waals surface area (Å²) in [6, 6.07) is 6.98. The first-order valence-corrected chi connectivity index (χ1v) is 5.93. The molecule has 19 heavy (non-hydrogen) atoms. The molecule has 0 bridgehead atoms. The van der Waals surface area contributed by atoms with E-state index in [1.165, 1.54) is 7.11 Å². The summed E-state index contributed by atoms with van der Waals surface area (Å²) in [5, 5.41) is 8.48. The number of benzene rings is 1. The molecule has 0 unspecified atom stereocenters. The number of rotatable bonds is 8. The van der Waals surface area contributed by atoms with Crippen molar-refractivity contribution in [1.82, 2.24) is 0 Å². The average Bonchev–Trinajstić information content (AvgIpc) is 2.46. The molecule has 0 saturated carbocycles. The van der Waals surface area contributed by atoms with E-state index in [0.717, 1.165) is 5.56 Å². The monoisotopic (exact) mass is 266 g/mol. The molecule has 5 nitrogen and oxygen atoms in total. The van der Waals surface area contributed by atoms with Gasteiger partial charge in [-0.1, -0.05) is 12.1 Å². The van der Waals surface area contributed by atoms with Crippen molar-refractivity contribution in [2.24, 2.45) is 0 Å². The molecule has 0 radical (unpaired) electrons. The van der Waals surface area contributed by atoms with Crippen LogP contribution >= 0.6 is 0 Å². The van der Waals surface area contributed by atoms with Crippen molar-refractivity contribution in [3.63, 3.8) is 0 Å². The van der Waals surface area contributed by atoms with Crippen LogP contribution in [0.15, 0.2) is 30.5 Å². The Kier molecular flexibility index (Phi) is 7.31. The fourth-order valence-corrected chi connectivity index (χ4v) is 1.32. The van der Waals surface area contributed by atoms with Gasteiger partial charge in [0.15, 0.2) is 0 Å². The third-order valence-electron chi connectivity index (χ3n) is 2.27. The predicted molar refractivity (Wildman–Crippen MR) is 70.7 cm³/mol. The van der Waals surface area contributed by atoms with E-state index in [-0.39, 0.29) is 12.6 Å². The Bertz CT molecular complexity index is 397. The predicted octanol–water partition coefficient (Wildman–Crippen LogP) is 1.47. The number of ether oxygens (including phenoxy) is 3. The normalized spacial score (nSPS) is 10.6. The van der Waals surface area contributed by atoms with Gasteiger partial charge in [-0.15, -0.1) is 0 Å². The highest BCUT2D eigenvalue weighted by atomic mass is 16.5. The molecular weight excluding hydrogens is 248 g/mol. The Morgan fingerprint density at radius 2 is 1.95 bits per heavy atom. The van der Waals surface area contributed by atoms with Gasteiger partial charge in [0.1, 0.15) is 6.61 Å². The number of carbonyl (C=O) groups excluding carboxylic acids is 1. The van der Waals surface area contributed by atoms with Crippen LogP contribution in [-0.4, -0.2) is 44.6 Å². The topological polar surface area (TPSA) is 65.0 Å². The fraction of sp³-hybridized carbons (Fsp3) is 0.357. The minimum atomic E-state index is -0.354. The summed E-state index contributed by atoms with van der Waals surface area (Å²) in [5.41, 5.74) is 1.43. The van der Waals surface area contributed by atoms with Crippen molar-refractivity contribution in [3.05, 3.63) is 41.7 Å². The lowest BCUT2D eigenvalue weighted by molar-refractivity contribution is 0.0600. The summed E-state index contributed by atoms with van der Waals surface area (Å²) in [6.07, 6.45) is 3.35. The standard InChI is InChI=1S/C14H18O5/c1-17-14(16)13-4-2-12(3-5-13)6-8-18-10-11-19-9-7-15/h2-6,8,15H,7,9-11H2,1H3/b8-6+. The summed E-state index contributed by atoms with van der Waals surface area (Å²) in [7, 11) is 1.35. The number of hydrogen-bond acceptors (Lipinski definition) is 5. The summed E-state index contributed by atoms with van der Waals surface area (Å²) in [6.45, 7) is 1.20. The molecule has 0 amide bonds. The SMILES string of the molecule is COC(=O)c1ccc(/C=C/OCCOCCO)cc1. The van der Waals surface area contributed by atoms with Crippen molar-refractivity contribution in [1.29, 1.82) is 0 Å². The molecule has 0 aromatic heterocycles. The van der Waals surface area contributed by atoms with Gasteiger partial charge in [-0.2, -0.15) is 0 Å². The van der Waals surface area contributed by atoms with E-state index in [2.05, 4.69) is 4.74 Å². The van der Waals surface area contributed by atoms with Gasteiger partial charge in [0.05, 0.1) is 38.8 Å². The summed E-state index contributed by atoms with van der Waals surface area (Å²) in [5.74, 6) is -0.354. The van der Waals surface area contributed by atoms with Crippen molar-refractivity contribution < 1.29 is 24.1 Å². The molecule has 0 atom stereocenters. The minimum Gasteiger partial charge on any atom is -0.499 e. The lowest BCUT2D eigenvalue weighted by Crippen LogP contribution is -2.04. The first-order valence-electron chi connectivity index (χ1n) is 5.93. The first-order chi connectivity index (χ1) is 9.27. The molecule has 0 aliphatic rings. The summed E-state index contributed by atoms with van der Waals surface area (Å²) >= 11 is 0. The first kappa shape index (κ1) is 15.2. The van der Waals surface area contributed by atoms with Gasteiger partial charge in [-0.05, 0) is 23.8 Å². The van der Waals surface area contributed by atoms with Crippen molar-refractivity contribution in [2.45, 2.75) is 0 Å². The van der Waals surface area contributed by atoms with Crippen LogP contribution in [0, 0.1) is 0 Å². The van der Waals surface area contributed by atoms with E-state index < -0.39 is 0 Å². The number of methoxy groups -OCH3 is 1. The number of carbonyl (C=O) groups is 1. The molecule has 1 aromatic carbocycles. The molecule has 1 rings (SSSR count). The fourth-order valence-electron chi connectivity index (χ4n) is 1.32. The molecule has 104 valence electrons. The molecule has 0 saturated heterocycles. The lowest BCUT2D eigenvalue weighted by Gasteiger charge is -2.02. The maximum absolute atomic E-state index is 11.2. The Morgan fingerprint density at radius 1 is 1.21 bits per heavy atom. The molecule has 1 aromatic rings. The lowest BCUT2D eigenvalue weighted by atomic mass is 10.1. The second-order valence-electron chi connectivity index (χ2n) is 3.62. The van der Waals surface area contributed by atoms with Gasteiger partial charge in [-0.25, -0.2) is 4.79 Å². The second kappa shape index (κ2) is 9.13. The van der Waals surface area contributed by atoms with E-state index in [1.54, 1.807) is 36.6 Å². The number of hydrogen-bond donors (Lipinski definition) is 1. The van der Waals surface area contributed by atoms with Crippen LogP contribution in [-0.2, 0) is 14.2 Å². The van der Waals surface area contributed by atoms with Gasteiger partial charge in [0.2, 0.25) is 0 Å². The summed E-state index contributed by atoms with van der Waals surface area (Å²) in [4.78, 5) is 11.2. The molecular formula is C14H18O5. The van der Waals surface area contributed by atoms with Crippen LogP contribution in [0.4, 0.5) is 0 Å². The zero-order valence-electron chi connectivity index (χ0n) is 10.9. The van der Waals surface area contributed by atoms with E-state index in [9.17, 15) is 4.79 Å². The van der Waals surface area contributed by atoms with E-state index in [0.29, 0.717) is 25.4 Å². The molecule has 0 spiro atoms. The zero-order chi connectivity index (χ0) is 13.9. The Labute approximate surface area is 112 Å². The smallest absolute Gasteiger partial charge is 0.337 e. The highest BCUT2D eigenvalue weighted by molar-refractivity contribution is 5.89. The van der Waals surface area contributed by atoms with Crippen LogP contribution < -0.4 is 0 Å². The van der Waals surface area contributed by atoms with Crippen LogP contribution in [0.1, 0.15) is 15.9 Å². The van der Waals surface area contributed by atoms with Crippen molar-refractivity contribution in [3.8, 4) is 0 Å². The van der Waals surface area contributed by atoms with Gasteiger partial charge in [0, 0.05) is 0 Å². The maximum atomic E-state index is 11.2. The molecule has 1 N–H and O–H groups in total. The number of esters is 1. The quantitative estimate of drug-likeness (QED) is 0.438. The van der Waals surface area contributed by atoms with E-state index in [1.807, 2.05) is 0 Å². The van der Waals surface area contributed by atoms with E-state index in [4.69, 9.17) is 14.6 Å². The van der Waals surface area contributed by atoms with Crippen molar-refractivity contribution in [2.75, 3.05) is 33.5 Å². The molecule has 0 aliphatic heterocycles. The molecule has 0 heterocycles. The van der Waals surface area contributed by atoms with Crippen molar-refractivity contribution >= 4 is 12.0 Å². The third kappa shape index (κ3) is 6.03. The van der Waals surface area contributed by atoms with Crippen LogP contribution in [0.25, 0.3) is 6.08 Å². The van der Waals surface area contributed by atoms with Gasteiger partial charge < -0.3 is 19.3 Å². The van der Waals surface area contributed by atoms with E-state index >= 15 is 0 Å². The second-order valence-corrected chi connectivity index (χ2v) is 3.62. The molecule has 0 fully saturated rings. The highest BCUT2D eigenvalue weighted by Crippen LogP contribution is 2.07. The Hall–Kier alpha value is -1.85. The zero-order valence-corrected chi connectivity index (χ0v) is 10.9. The molecule has 5 heteroatoms. The Balaban J connectivity index is 2.30. The summed E-state index contributed by atoms with van der Waals surface area (Å²) < 4.78 is 14.8. The largest absolute Gasteiger partial charge is 0.499 e. The number of aliphatic hydroxyl groups excluding tert-OH is 1. The Morgan fingerprint density at radius 3 is 2.58 bits per heavy atom. The van der Waals surface area contributed by atoms with Gasteiger partial charge in [0.25, 0.3) is 0 Å². The van der Waals surface area contributed by atoms with Gasteiger partial charge in [-0.3, -0.25) is 0 Å².